The van der Waals surface area contributed by atoms with E-state index in [9.17, 15) is 24.0 Å². The summed E-state index contributed by atoms with van der Waals surface area (Å²) in [7, 11) is 5.55. The van der Waals surface area contributed by atoms with Crippen LogP contribution in [-0.4, -0.2) is 70.8 Å². The summed E-state index contributed by atoms with van der Waals surface area (Å²) in [6.45, 7) is 0. The highest BCUT2D eigenvalue weighted by atomic mass is 16.6. The molecule has 2 aromatic rings. The Morgan fingerprint density at radius 1 is 0.703 bits per heavy atom. The van der Waals surface area contributed by atoms with Gasteiger partial charge in [0, 0.05) is 24.0 Å². The van der Waals surface area contributed by atoms with E-state index >= 15 is 0 Å². The van der Waals surface area contributed by atoms with Crippen molar-refractivity contribution in [2.75, 3.05) is 45.3 Å². The SMILES string of the molecule is COC(=O)C1=C(C(=O)OC)[C@]2(C(=O)N(C)c3ccccc32)N(c2ccccc2)C1(C(=O)OC)C(=O)OC. The molecule has 2 aromatic carbocycles. The number of ether oxygens (including phenoxy) is 4. The van der Waals surface area contributed by atoms with Gasteiger partial charge < -0.3 is 28.7 Å². The van der Waals surface area contributed by atoms with Crippen molar-refractivity contribution in [1.82, 2.24) is 0 Å². The number of nitrogens with zero attached hydrogens (tertiary/aromatic N) is 2. The van der Waals surface area contributed by atoms with E-state index in [4.69, 9.17) is 18.9 Å². The molecule has 2 aliphatic rings. The van der Waals surface area contributed by atoms with E-state index in [1.165, 1.54) is 24.1 Å². The minimum Gasteiger partial charge on any atom is -0.467 e. The maximum atomic E-state index is 14.4. The second-order valence-electron chi connectivity index (χ2n) is 8.19. The summed E-state index contributed by atoms with van der Waals surface area (Å²) in [6.07, 6.45) is 0. The van der Waals surface area contributed by atoms with Crippen molar-refractivity contribution in [2.45, 2.75) is 11.1 Å². The number of hydrogen-bond acceptors (Lipinski definition) is 10. The summed E-state index contributed by atoms with van der Waals surface area (Å²) in [4.78, 5) is 71.3. The van der Waals surface area contributed by atoms with Gasteiger partial charge in [-0.1, -0.05) is 36.4 Å². The largest absolute Gasteiger partial charge is 0.467 e. The summed E-state index contributed by atoms with van der Waals surface area (Å²) in [5.41, 5.74) is -5.56. The zero-order chi connectivity index (χ0) is 27.1. The molecule has 1 atom stereocenters. The Morgan fingerprint density at radius 2 is 1.22 bits per heavy atom. The number of carbonyl (C=O) groups excluding carboxylic acids is 5. The highest BCUT2D eigenvalue weighted by Gasteiger charge is 2.77. The lowest BCUT2D eigenvalue weighted by Gasteiger charge is -2.44. The molecule has 0 saturated carbocycles. The van der Waals surface area contributed by atoms with Crippen LogP contribution in [0.2, 0.25) is 0 Å². The lowest BCUT2D eigenvalue weighted by molar-refractivity contribution is -0.161. The lowest BCUT2D eigenvalue weighted by atomic mass is 9.82. The molecule has 4 rings (SSSR count). The Labute approximate surface area is 212 Å². The third kappa shape index (κ3) is 3.03. The van der Waals surface area contributed by atoms with Crippen LogP contribution in [0.25, 0.3) is 0 Å². The highest BCUT2D eigenvalue weighted by molar-refractivity contribution is 6.29. The minimum atomic E-state index is -2.77. The van der Waals surface area contributed by atoms with Crippen molar-refractivity contribution in [3.8, 4) is 0 Å². The number of fused-ring (bicyclic) bond motifs is 2. The van der Waals surface area contributed by atoms with E-state index < -0.39 is 52.0 Å². The minimum absolute atomic E-state index is 0.136. The fourth-order valence-electron chi connectivity index (χ4n) is 5.27. The van der Waals surface area contributed by atoms with Crippen molar-refractivity contribution in [1.29, 1.82) is 0 Å². The third-order valence-corrected chi connectivity index (χ3v) is 6.67. The molecule has 37 heavy (non-hydrogen) atoms. The lowest BCUT2D eigenvalue weighted by Crippen LogP contribution is -2.67. The van der Waals surface area contributed by atoms with Crippen molar-refractivity contribution in [2.24, 2.45) is 0 Å². The summed E-state index contributed by atoms with van der Waals surface area (Å²) >= 11 is 0. The van der Waals surface area contributed by atoms with Gasteiger partial charge in [-0.3, -0.25) is 4.79 Å². The fraction of sp³-hybridized carbons (Fsp3) is 0.269. The molecule has 0 bridgehead atoms. The van der Waals surface area contributed by atoms with Crippen LogP contribution in [0.1, 0.15) is 5.56 Å². The molecule has 2 aliphatic heterocycles. The van der Waals surface area contributed by atoms with Gasteiger partial charge in [-0.05, 0) is 18.2 Å². The third-order valence-electron chi connectivity index (χ3n) is 6.67. The molecular formula is C26H24N2O9. The zero-order valence-corrected chi connectivity index (χ0v) is 20.8. The average Bonchev–Trinajstić information content (AvgIpc) is 3.35. The highest BCUT2D eigenvalue weighted by Crippen LogP contribution is 2.59. The fourth-order valence-corrected chi connectivity index (χ4v) is 5.27. The Hall–Kier alpha value is -4.67. The van der Waals surface area contributed by atoms with Gasteiger partial charge in [-0.25, -0.2) is 19.2 Å². The van der Waals surface area contributed by atoms with E-state index in [1.54, 1.807) is 42.5 Å². The first-order valence-electron chi connectivity index (χ1n) is 11.0. The second-order valence-corrected chi connectivity index (χ2v) is 8.19. The van der Waals surface area contributed by atoms with Gasteiger partial charge in [0.2, 0.25) is 0 Å². The first-order chi connectivity index (χ1) is 17.7. The van der Waals surface area contributed by atoms with E-state index in [2.05, 4.69) is 0 Å². The van der Waals surface area contributed by atoms with Crippen LogP contribution in [0.15, 0.2) is 65.7 Å². The molecule has 0 radical (unpaired) electrons. The summed E-state index contributed by atoms with van der Waals surface area (Å²) in [5.74, 6) is -5.64. The molecule has 0 saturated heterocycles. The van der Waals surface area contributed by atoms with Gasteiger partial charge in [-0.2, -0.15) is 0 Å². The molecule has 11 heteroatoms. The number of amides is 1. The molecule has 1 amide bonds. The standard InChI is InChI=1S/C26H24N2O9/c1-27-17-14-10-9-13-16(17)25(22(27)31)18(20(29)34-2)19(21(30)35-3)26(23(32)36-4,24(33)37-5)28(25)15-11-7-6-8-12-15/h6-14H,1-5H3/t25-/m1/s1. The van der Waals surface area contributed by atoms with Gasteiger partial charge in [0.15, 0.2) is 5.54 Å². The van der Waals surface area contributed by atoms with E-state index in [0.717, 1.165) is 33.3 Å². The topological polar surface area (TPSA) is 129 Å². The first kappa shape index (κ1) is 25.4. The Bertz CT molecular complexity index is 1330. The number of carbonyl (C=O) groups is 5. The second kappa shape index (κ2) is 9.08. The van der Waals surface area contributed by atoms with Crippen LogP contribution in [0.4, 0.5) is 11.4 Å². The molecule has 0 fully saturated rings. The van der Waals surface area contributed by atoms with Crippen LogP contribution in [0.5, 0.6) is 0 Å². The molecule has 192 valence electrons. The van der Waals surface area contributed by atoms with Crippen LogP contribution < -0.4 is 9.80 Å². The maximum Gasteiger partial charge on any atom is 0.348 e. The van der Waals surface area contributed by atoms with Crippen molar-refractivity contribution >= 4 is 41.2 Å². The van der Waals surface area contributed by atoms with Crippen LogP contribution in [-0.2, 0) is 48.5 Å². The predicted molar refractivity (Wildman–Crippen MR) is 128 cm³/mol. The van der Waals surface area contributed by atoms with Crippen molar-refractivity contribution < 1.29 is 42.9 Å². The molecule has 11 nitrogen and oxygen atoms in total. The van der Waals surface area contributed by atoms with Gasteiger partial charge in [-0.15, -0.1) is 0 Å². The Balaban J connectivity index is 2.36. The molecule has 2 heterocycles. The van der Waals surface area contributed by atoms with Gasteiger partial charge in [0.25, 0.3) is 11.4 Å². The van der Waals surface area contributed by atoms with Gasteiger partial charge in [0.05, 0.1) is 39.6 Å². The monoisotopic (exact) mass is 508 g/mol. The molecule has 0 unspecified atom stereocenters. The predicted octanol–water partition coefficient (Wildman–Crippen LogP) is 1.11. The molecule has 0 aliphatic carbocycles. The van der Waals surface area contributed by atoms with Gasteiger partial charge >= 0.3 is 23.9 Å². The quantitative estimate of drug-likeness (QED) is 0.329. The van der Waals surface area contributed by atoms with Crippen LogP contribution in [0.3, 0.4) is 0 Å². The number of rotatable bonds is 5. The summed E-state index contributed by atoms with van der Waals surface area (Å²) in [5, 5.41) is 0. The number of likely N-dealkylation sites (N-methyl/N-ethyl adjacent to an activating group) is 1. The van der Waals surface area contributed by atoms with Crippen molar-refractivity contribution in [3.05, 3.63) is 71.3 Å². The van der Waals surface area contributed by atoms with Crippen molar-refractivity contribution in [3.63, 3.8) is 0 Å². The van der Waals surface area contributed by atoms with Gasteiger partial charge in [0.1, 0.15) is 0 Å². The number of hydrogen-bond donors (Lipinski definition) is 0. The maximum absolute atomic E-state index is 14.4. The van der Waals surface area contributed by atoms with E-state index in [-0.39, 0.29) is 11.3 Å². The molecule has 0 aromatic heterocycles. The van der Waals surface area contributed by atoms with Crippen LogP contribution in [0, 0.1) is 0 Å². The molecular weight excluding hydrogens is 484 g/mol. The first-order valence-corrected chi connectivity index (χ1v) is 11.0. The molecule has 1 spiro atoms. The normalized spacial score (nSPS) is 19.5. The number of esters is 4. The molecule has 0 N–H and O–H groups in total. The number of para-hydroxylation sites is 2. The number of benzene rings is 2. The Kier molecular flexibility index (Phi) is 6.24. The average molecular weight is 508 g/mol. The van der Waals surface area contributed by atoms with E-state index in [0.29, 0.717) is 5.69 Å². The summed E-state index contributed by atoms with van der Waals surface area (Å²) in [6, 6.07) is 14.4. The number of methoxy groups -OCH3 is 4. The number of anilines is 2. The van der Waals surface area contributed by atoms with E-state index in [1.807, 2.05) is 0 Å². The Morgan fingerprint density at radius 3 is 1.76 bits per heavy atom. The summed E-state index contributed by atoms with van der Waals surface area (Å²) < 4.78 is 20.1. The van der Waals surface area contributed by atoms with Crippen LogP contribution >= 0.6 is 0 Å². The zero-order valence-electron chi connectivity index (χ0n) is 20.8. The smallest absolute Gasteiger partial charge is 0.348 e.